The van der Waals surface area contributed by atoms with Crippen LogP contribution in [-0.4, -0.2) is 20.6 Å². The first-order chi connectivity index (χ1) is 13.1. The minimum atomic E-state index is -1.25. The molecule has 2 heterocycles. The van der Waals surface area contributed by atoms with Crippen LogP contribution in [0.15, 0.2) is 83.9 Å². The zero-order chi connectivity index (χ0) is 18.8. The van der Waals surface area contributed by atoms with Crippen LogP contribution in [0.1, 0.15) is 15.9 Å². The van der Waals surface area contributed by atoms with Crippen molar-refractivity contribution in [1.29, 1.82) is 0 Å². The lowest BCUT2D eigenvalue weighted by Gasteiger charge is -2.12. The van der Waals surface area contributed by atoms with Crippen molar-refractivity contribution in [3.05, 3.63) is 100 Å². The molecule has 5 heteroatoms. The van der Waals surface area contributed by atoms with Crippen LogP contribution in [0.5, 0.6) is 0 Å². The van der Waals surface area contributed by atoms with Gasteiger partial charge in [-0.3, -0.25) is 9.78 Å². The highest BCUT2D eigenvalue weighted by molar-refractivity contribution is 5.91. The van der Waals surface area contributed by atoms with Gasteiger partial charge in [-0.2, -0.15) is 0 Å². The van der Waals surface area contributed by atoms with Crippen LogP contribution < -0.4 is 5.43 Å². The number of carboxylic acid groups (broad SMARTS) is 1. The SMILES string of the molecule is O=C(O)c1cn(Cc2ccc(-c3ccccc3)cc2)c2cccnc2c1=O. The summed E-state index contributed by atoms with van der Waals surface area (Å²) in [5, 5.41) is 9.34. The summed E-state index contributed by atoms with van der Waals surface area (Å²) in [5.41, 5.74) is 3.18. The summed E-state index contributed by atoms with van der Waals surface area (Å²) in [5.74, 6) is -1.25. The molecule has 2 aromatic heterocycles. The van der Waals surface area contributed by atoms with Crippen LogP contribution in [0, 0.1) is 0 Å². The first-order valence-corrected chi connectivity index (χ1v) is 8.49. The van der Waals surface area contributed by atoms with Gasteiger partial charge in [-0.05, 0) is 28.8 Å². The Morgan fingerprint density at radius 3 is 2.33 bits per heavy atom. The average molecular weight is 356 g/mol. The number of pyridine rings is 2. The third kappa shape index (κ3) is 3.22. The normalized spacial score (nSPS) is 10.8. The van der Waals surface area contributed by atoms with Crippen molar-refractivity contribution in [2.75, 3.05) is 0 Å². The molecule has 0 radical (unpaired) electrons. The zero-order valence-corrected chi connectivity index (χ0v) is 14.4. The van der Waals surface area contributed by atoms with Gasteiger partial charge >= 0.3 is 5.97 Å². The van der Waals surface area contributed by atoms with Crippen LogP contribution in [0.2, 0.25) is 0 Å². The third-order valence-corrected chi connectivity index (χ3v) is 4.48. The first kappa shape index (κ1) is 16.7. The number of carbonyl (C=O) groups is 1. The summed E-state index contributed by atoms with van der Waals surface area (Å²) in [6, 6.07) is 21.7. The van der Waals surface area contributed by atoms with Crippen molar-refractivity contribution >= 4 is 17.0 Å². The van der Waals surface area contributed by atoms with Crippen molar-refractivity contribution in [1.82, 2.24) is 9.55 Å². The number of benzene rings is 2. The van der Waals surface area contributed by atoms with Gasteiger partial charge in [0, 0.05) is 18.9 Å². The lowest BCUT2D eigenvalue weighted by Crippen LogP contribution is -2.20. The fourth-order valence-electron chi connectivity index (χ4n) is 3.13. The average Bonchev–Trinajstić information content (AvgIpc) is 2.71. The van der Waals surface area contributed by atoms with E-state index in [1.807, 2.05) is 42.5 Å². The molecule has 0 amide bonds. The Hall–Kier alpha value is -3.73. The van der Waals surface area contributed by atoms with Crippen LogP contribution in [0.3, 0.4) is 0 Å². The van der Waals surface area contributed by atoms with Gasteiger partial charge in [-0.1, -0.05) is 54.6 Å². The van der Waals surface area contributed by atoms with E-state index in [4.69, 9.17) is 0 Å². The molecule has 0 saturated heterocycles. The van der Waals surface area contributed by atoms with E-state index in [1.165, 1.54) is 12.4 Å². The van der Waals surface area contributed by atoms with E-state index in [-0.39, 0.29) is 11.1 Å². The number of carboxylic acids is 1. The Bertz CT molecular complexity index is 1180. The van der Waals surface area contributed by atoms with E-state index in [2.05, 4.69) is 17.1 Å². The van der Waals surface area contributed by atoms with Gasteiger partial charge in [-0.15, -0.1) is 0 Å². The molecule has 4 rings (SSSR count). The molecule has 2 aromatic carbocycles. The number of nitrogens with zero attached hydrogens (tertiary/aromatic N) is 2. The highest BCUT2D eigenvalue weighted by Gasteiger charge is 2.15. The van der Waals surface area contributed by atoms with E-state index in [9.17, 15) is 14.7 Å². The molecule has 27 heavy (non-hydrogen) atoms. The van der Waals surface area contributed by atoms with Gasteiger partial charge in [0.05, 0.1) is 5.52 Å². The molecule has 0 spiro atoms. The van der Waals surface area contributed by atoms with Crippen molar-refractivity contribution in [3.8, 4) is 11.1 Å². The maximum atomic E-state index is 12.3. The quantitative estimate of drug-likeness (QED) is 0.603. The van der Waals surface area contributed by atoms with E-state index in [1.54, 1.807) is 16.7 Å². The number of aromatic carboxylic acids is 1. The van der Waals surface area contributed by atoms with Gasteiger partial charge in [-0.25, -0.2) is 4.79 Å². The summed E-state index contributed by atoms with van der Waals surface area (Å²) < 4.78 is 1.75. The van der Waals surface area contributed by atoms with Crippen LogP contribution in [0.25, 0.3) is 22.2 Å². The fourth-order valence-corrected chi connectivity index (χ4v) is 3.13. The predicted octanol–water partition coefficient (Wildman–Crippen LogP) is 3.81. The van der Waals surface area contributed by atoms with Crippen molar-refractivity contribution in [3.63, 3.8) is 0 Å². The Morgan fingerprint density at radius 1 is 0.926 bits per heavy atom. The van der Waals surface area contributed by atoms with Gasteiger partial charge in [0.1, 0.15) is 11.1 Å². The molecule has 0 aliphatic rings. The second-order valence-electron chi connectivity index (χ2n) is 6.24. The molecule has 4 aromatic rings. The number of hydrogen-bond acceptors (Lipinski definition) is 3. The molecule has 0 unspecified atom stereocenters. The molecule has 1 N–H and O–H groups in total. The van der Waals surface area contributed by atoms with Crippen molar-refractivity contribution in [2.45, 2.75) is 6.54 Å². The molecule has 132 valence electrons. The topological polar surface area (TPSA) is 72.2 Å². The summed E-state index contributed by atoms with van der Waals surface area (Å²) >= 11 is 0. The first-order valence-electron chi connectivity index (χ1n) is 8.49. The molecule has 0 bridgehead atoms. The lowest BCUT2D eigenvalue weighted by molar-refractivity contribution is 0.0695. The predicted molar refractivity (Wildman–Crippen MR) is 104 cm³/mol. The van der Waals surface area contributed by atoms with Gasteiger partial charge in [0.25, 0.3) is 0 Å². The number of fused-ring (bicyclic) bond motifs is 1. The summed E-state index contributed by atoms with van der Waals surface area (Å²) in [6.07, 6.45) is 2.88. The maximum absolute atomic E-state index is 12.3. The van der Waals surface area contributed by atoms with Crippen molar-refractivity contribution < 1.29 is 9.90 Å². The second-order valence-corrected chi connectivity index (χ2v) is 6.24. The molecular formula is C22H16N2O3. The summed E-state index contributed by atoms with van der Waals surface area (Å²) in [7, 11) is 0. The highest BCUT2D eigenvalue weighted by atomic mass is 16.4. The Morgan fingerprint density at radius 2 is 1.63 bits per heavy atom. The number of aromatic nitrogens is 2. The molecule has 0 atom stereocenters. The lowest BCUT2D eigenvalue weighted by atomic mass is 10.0. The number of rotatable bonds is 4. The van der Waals surface area contributed by atoms with Crippen molar-refractivity contribution in [2.24, 2.45) is 0 Å². The molecule has 5 nitrogen and oxygen atoms in total. The number of hydrogen-bond donors (Lipinski definition) is 1. The van der Waals surface area contributed by atoms with E-state index in [0.717, 1.165) is 16.7 Å². The molecule has 0 saturated carbocycles. The van der Waals surface area contributed by atoms with Crippen LogP contribution >= 0.6 is 0 Å². The van der Waals surface area contributed by atoms with E-state index < -0.39 is 11.4 Å². The molecule has 0 aliphatic heterocycles. The highest BCUT2D eigenvalue weighted by Crippen LogP contribution is 2.20. The third-order valence-electron chi connectivity index (χ3n) is 4.48. The van der Waals surface area contributed by atoms with Gasteiger partial charge in [0.2, 0.25) is 5.43 Å². The molecule has 0 fully saturated rings. The van der Waals surface area contributed by atoms with E-state index >= 15 is 0 Å². The standard InChI is InChI=1S/C22H16N2O3/c25-21-18(22(26)27)14-24(19-7-4-12-23-20(19)21)13-15-8-10-17(11-9-15)16-5-2-1-3-6-16/h1-12,14H,13H2,(H,26,27). The van der Waals surface area contributed by atoms with Gasteiger partial charge < -0.3 is 9.67 Å². The Labute approximate surface area is 155 Å². The van der Waals surface area contributed by atoms with Crippen LogP contribution in [0.4, 0.5) is 0 Å². The minimum absolute atomic E-state index is 0.165. The monoisotopic (exact) mass is 356 g/mol. The largest absolute Gasteiger partial charge is 0.477 e. The van der Waals surface area contributed by atoms with E-state index in [0.29, 0.717) is 12.1 Å². The second kappa shape index (κ2) is 6.88. The smallest absolute Gasteiger partial charge is 0.341 e. The van der Waals surface area contributed by atoms with Gasteiger partial charge in [0.15, 0.2) is 0 Å². The minimum Gasteiger partial charge on any atom is -0.477 e. The maximum Gasteiger partial charge on any atom is 0.341 e. The Kier molecular flexibility index (Phi) is 4.26. The zero-order valence-electron chi connectivity index (χ0n) is 14.4. The Balaban J connectivity index is 1.74. The fraction of sp³-hybridized carbons (Fsp3) is 0.0455. The molecular weight excluding hydrogens is 340 g/mol. The summed E-state index contributed by atoms with van der Waals surface area (Å²) in [6.45, 7) is 0.442. The molecule has 0 aliphatic carbocycles. The van der Waals surface area contributed by atoms with Crippen LogP contribution in [-0.2, 0) is 6.54 Å². The summed E-state index contributed by atoms with van der Waals surface area (Å²) in [4.78, 5) is 27.8.